The molecule has 3 heteroatoms. The predicted octanol–water partition coefficient (Wildman–Crippen LogP) is 3.88. The van der Waals surface area contributed by atoms with E-state index in [9.17, 15) is 4.39 Å². The fourth-order valence-corrected chi connectivity index (χ4v) is 2.83. The Hall–Kier alpha value is -0.160. The van der Waals surface area contributed by atoms with Crippen LogP contribution in [-0.4, -0.2) is 6.54 Å². The molecule has 0 radical (unpaired) electrons. The van der Waals surface area contributed by atoms with Gasteiger partial charge in [-0.15, -0.1) is 0 Å². The minimum atomic E-state index is -0.141. The van der Waals surface area contributed by atoms with Crippen molar-refractivity contribution in [3.8, 4) is 0 Å². The molecule has 0 bridgehead atoms. The molecule has 88 valence electrons. The Balaban J connectivity index is 2.17. The van der Waals surface area contributed by atoms with Crippen LogP contribution in [-0.2, 0) is 0 Å². The average Bonchev–Trinajstić information content (AvgIpc) is 3.05. The average molecular weight is 333 g/mol. The molecule has 1 nitrogen and oxygen atoms in total. The SMILES string of the molecule is CCCNC(c1ccc(F)cc1I)C1CC1. The Morgan fingerprint density at radius 3 is 2.81 bits per heavy atom. The number of rotatable bonds is 5. The summed E-state index contributed by atoms with van der Waals surface area (Å²) in [5.74, 6) is 0.615. The third kappa shape index (κ3) is 2.94. The van der Waals surface area contributed by atoms with Crippen molar-refractivity contribution in [3.05, 3.63) is 33.1 Å². The first-order chi connectivity index (χ1) is 7.72. The predicted molar refractivity (Wildman–Crippen MR) is 72.9 cm³/mol. The normalized spacial score (nSPS) is 17.4. The summed E-state index contributed by atoms with van der Waals surface area (Å²) in [4.78, 5) is 0. The first-order valence-electron chi connectivity index (χ1n) is 5.90. The summed E-state index contributed by atoms with van der Waals surface area (Å²) in [6, 6.07) is 5.55. The zero-order chi connectivity index (χ0) is 11.5. The molecule has 0 saturated heterocycles. The van der Waals surface area contributed by atoms with Gasteiger partial charge in [0.2, 0.25) is 0 Å². The number of hydrogen-bond acceptors (Lipinski definition) is 1. The molecule has 1 N–H and O–H groups in total. The van der Waals surface area contributed by atoms with E-state index in [0.29, 0.717) is 6.04 Å². The molecule has 0 aliphatic heterocycles. The van der Waals surface area contributed by atoms with Crippen LogP contribution in [0, 0.1) is 15.3 Å². The quantitative estimate of drug-likeness (QED) is 0.807. The molecule has 0 amide bonds. The van der Waals surface area contributed by atoms with E-state index in [1.54, 1.807) is 12.1 Å². The third-order valence-electron chi connectivity index (χ3n) is 3.01. The molecule has 0 aromatic heterocycles. The highest BCUT2D eigenvalue weighted by Crippen LogP contribution is 2.42. The van der Waals surface area contributed by atoms with Crippen molar-refractivity contribution in [2.75, 3.05) is 6.54 Å². The topological polar surface area (TPSA) is 12.0 Å². The van der Waals surface area contributed by atoms with Gasteiger partial charge in [0, 0.05) is 9.61 Å². The Bertz CT molecular complexity index is 363. The maximum absolute atomic E-state index is 13.1. The maximum Gasteiger partial charge on any atom is 0.124 e. The Kier molecular flexibility index (Phi) is 4.19. The lowest BCUT2D eigenvalue weighted by atomic mass is 10.0. The Morgan fingerprint density at radius 1 is 1.50 bits per heavy atom. The van der Waals surface area contributed by atoms with Crippen LogP contribution in [0.3, 0.4) is 0 Å². The van der Waals surface area contributed by atoms with Gasteiger partial charge in [-0.25, -0.2) is 4.39 Å². The van der Waals surface area contributed by atoms with Crippen molar-refractivity contribution in [3.63, 3.8) is 0 Å². The van der Waals surface area contributed by atoms with Crippen LogP contribution < -0.4 is 5.32 Å². The van der Waals surface area contributed by atoms with E-state index in [-0.39, 0.29) is 5.82 Å². The van der Waals surface area contributed by atoms with Crippen LogP contribution in [0.25, 0.3) is 0 Å². The molecule has 1 atom stereocenters. The molecule has 1 aliphatic carbocycles. The largest absolute Gasteiger partial charge is 0.310 e. The van der Waals surface area contributed by atoms with Gasteiger partial charge in [-0.3, -0.25) is 0 Å². The standard InChI is InChI=1S/C13H17FIN/c1-2-7-16-13(9-3-4-9)11-6-5-10(14)8-12(11)15/h5-6,8-9,13,16H,2-4,7H2,1H3. The fourth-order valence-electron chi connectivity index (χ4n) is 2.01. The lowest BCUT2D eigenvalue weighted by Gasteiger charge is -2.19. The summed E-state index contributed by atoms with van der Waals surface area (Å²) in [5, 5.41) is 3.58. The summed E-state index contributed by atoms with van der Waals surface area (Å²) in [7, 11) is 0. The summed E-state index contributed by atoms with van der Waals surface area (Å²) < 4.78 is 14.1. The Labute approximate surface area is 110 Å². The fraction of sp³-hybridized carbons (Fsp3) is 0.538. The molecular formula is C13H17FIN. The van der Waals surface area contributed by atoms with Crippen molar-refractivity contribution < 1.29 is 4.39 Å². The smallest absolute Gasteiger partial charge is 0.124 e. The van der Waals surface area contributed by atoms with Gasteiger partial charge in [0.05, 0.1) is 0 Å². The van der Waals surface area contributed by atoms with Crippen molar-refractivity contribution in [1.29, 1.82) is 0 Å². The van der Waals surface area contributed by atoms with Crippen molar-refractivity contribution >= 4 is 22.6 Å². The van der Waals surface area contributed by atoms with Gasteiger partial charge >= 0.3 is 0 Å². The second-order valence-electron chi connectivity index (χ2n) is 4.44. The van der Waals surface area contributed by atoms with Crippen molar-refractivity contribution in [1.82, 2.24) is 5.32 Å². The van der Waals surface area contributed by atoms with Crippen LogP contribution in [0.1, 0.15) is 37.8 Å². The lowest BCUT2D eigenvalue weighted by Crippen LogP contribution is -2.24. The molecule has 1 aliphatic rings. The van der Waals surface area contributed by atoms with E-state index < -0.39 is 0 Å². The lowest BCUT2D eigenvalue weighted by molar-refractivity contribution is 0.478. The maximum atomic E-state index is 13.1. The molecular weight excluding hydrogens is 316 g/mol. The summed E-state index contributed by atoms with van der Waals surface area (Å²) in [6.07, 6.45) is 3.74. The Morgan fingerprint density at radius 2 is 2.25 bits per heavy atom. The van der Waals surface area contributed by atoms with Gasteiger partial charge in [0.15, 0.2) is 0 Å². The van der Waals surface area contributed by atoms with Crippen LogP contribution in [0.5, 0.6) is 0 Å². The minimum absolute atomic E-state index is 0.141. The number of hydrogen-bond donors (Lipinski definition) is 1. The van der Waals surface area contributed by atoms with Gasteiger partial charge in [0.25, 0.3) is 0 Å². The molecule has 1 saturated carbocycles. The van der Waals surface area contributed by atoms with Crippen LogP contribution in [0.15, 0.2) is 18.2 Å². The molecule has 16 heavy (non-hydrogen) atoms. The highest BCUT2D eigenvalue weighted by Gasteiger charge is 2.32. The molecule has 0 heterocycles. The summed E-state index contributed by atoms with van der Waals surface area (Å²) in [5.41, 5.74) is 1.26. The molecule has 1 aromatic rings. The first kappa shape index (κ1) is 12.3. The molecule has 1 aromatic carbocycles. The van der Waals surface area contributed by atoms with Gasteiger partial charge in [-0.05, 0) is 72.0 Å². The van der Waals surface area contributed by atoms with E-state index in [2.05, 4.69) is 34.8 Å². The molecule has 1 fully saturated rings. The van der Waals surface area contributed by atoms with E-state index in [0.717, 1.165) is 22.5 Å². The summed E-state index contributed by atoms with van der Waals surface area (Å²) >= 11 is 2.23. The van der Waals surface area contributed by atoms with E-state index in [1.807, 2.05) is 6.07 Å². The highest BCUT2D eigenvalue weighted by molar-refractivity contribution is 14.1. The monoisotopic (exact) mass is 333 g/mol. The van der Waals surface area contributed by atoms with Crippen LogP contribution in [0.2, 0.25) is 0 Å². The van der Waals surface area contributed by atoms with E-state index in [4.69, 9.17) is 0 Å². The molecule has 0 spiro atoms. The first-order valence-corrected chi connectivity index (χ1v) is 6.98. The highest BCUT2D eigenvalue weighted by atomic mass is 127. The van der Waals surface area contributed by atoms with Gasteiger partial charge < -0.3 is 5.32 Å². The van der Waals surface area contributed by atoms with Crippen molar-refractivity contribution in [2.24, 2.45) is 5.92 Å². The molecule has 2 rings (SSSR count). The second kappa shape index (κ2) is 5.45. The van der Waals surface area contributed by atoms with Gasteiger partial charge in [-0.1, -0.05) is 13.0 Å². The third-order valence-corrected chi connectivity index (χ3v) is 3.94. The summed E-state index contributed by atoms with van der Waals surface area (Å²) in [6.45, 7) is 3.21. The number of benzene rings is 1. The van der Waals surface area contributed by atoms with Crippen molar-refractivity contribution in [2.45, 2.75) is 32.2 Å². The zero-order valence-corrected chi connectivity index (χ0v) is 11.6. The minimum Gasteiger partial charge on any atom is -0.310 e. The second-order valence-corrected chi connectivity index (χ2v) is 5.60. The zero-order valence-electron chi connectivity index (χ0n) is 9.47. The van der Waals surface area contributed by atoms with E-state index in [1.165, 1.54) is 18.4 Å². The molecule has 1 unspecified atom stereocenters. The van der Waals surface area contributed by atoms with Gasteiger partial charge in [0.1, 0.15) is 5.82 Å². The van der Waals surface area contributed by atoms with E-state index >= 15 is 0 Å². The number of nitrogens with one attached hydrogen (secondary N) is 1. The van der Waals surface area contributed by atoms with Crippen LogP contribution in [0.4, 0.5) is 4.39 Å². The van der Waals surface area contributed by atoms with Crippen LogP contribution >= 0.6 is 22.6 Å². The van der Waals surface area contributed by atoms with Gasteiger partial charge in [-0.2, -0.15) is 0 Å². The number of halogens is 2.